The number of nitrogens with one attached hydrogen (secondary N) is 1. The second-order valence-corrected chi connectivity index (χ2v) is 5.77. The molecule has 0 aliphatic carbocycles. The number of hydrogen-bond acceptors (Lipinski definition) is 4. The number of amides is 2. The minimum atomic E-state index is -0.136. The topological polar surface area (TPSA) is 76.5 Å². The Bertz CT molecular complexity index is 521. The maximum absolute atomic E-state index is 12.1. The summed E-state index contributed by atoms with van der Waals surface area (Å²) in [5.74, 6) is 0.781. The van der Waals surface area contributed by atoms with Gasteiger partial charge in [-0.3, -0.25) is 4.79 Å². The van der Waals surface area contributed by atoms with Crippen LogP contribution < -0.4 is 5.32 Å². The van der Waals surface area contributed by atoms with Gasteiger partial charge in [-0.1, -0.05) is 0 Å². The van der Waals surface area contributed by atoms with E-state index in [-0.39, 0.29) is 17.9 Å². The molecule has 1 saturated heterocycles. The molecular formula is C16H26N4O3. The fourth-order valence-electron chi connectivity index (χ4n) is 2.77. The van der Waals surface area contributed by atoms with Crippen LogP contribution in [-0.2, 0) is 16.1 Å². The number of likely N-dealkylation sites (tertiary alicyclic amines) is 1. The van der Waals surface area contributed by atoms with Gasteiger partial charge in [0.15, 0.2) is 0 Å². The Balaban J connectivity index is 1.63. The number of nitrogens with zero attached hydrogens (tertiary/aromatic N) is 3. The van der Waals surface area contributed by atoms with Gasteiger partial charge >= 0.3 is 12.0 Å². The zero-order chi connectivity index (χ0) is 16.7. The van der Waals surface area contributed by atoms with E-state index >= 15 is 0 Å². The van der Waals surface area contributed by atoms with Crippen molar-refractivity contribution >= 4 is 12.0 Å². The van der Waals surface area contributed by atoms with E-state index in [0.717, 1.165) is 18.8 Å². The van der Waals surface area contributed by atoms with Gasteiger partial charge < -0.3 is 19.5 Å². The molecule has 0 spiro atoms. The van der Waals surface area contributed by atoms with Crippen molar-refractivity contribution in [2.24, 2.45) is 5.92 Å². The molecule has 1 aromatic heterocycles. The number of aryl methyl sites for hydroxylation is 2. The smallest absolute Gasteiger partial charge is 0.317 e. The lowest BCUT2D eigenvalue weighted by atomic mass is 9.97. The summed E-state index contributed by atoms with van der Waals surface area (Å²) < 4.78 is 7.10. The number of carbonyl (C=O) groups is 2. The molecule has 2 rings (SSSR count). The summed E-state index contributed by atoms with van der Waals surface area (Å²) in [6, 6.07) is -0.0466. The van der Waals surface area contributed by atoms with Crippen LogP contribution in [0.3, 0.4) is 0 Å². The van der Waals surface area contributed by atoms with Crippen LogP contribution in [-0.4, -0.2) is 52.7 Å². The first-order chi connectivity index (χ1) is 11.1. The Morgan fingerprint density at radius 1 is 1.39 bits per heavy atom. The molecule has 7 heteroatoms. The van der Waals surface area contributed by atoms with Gasteiger partial charge in [0.1, 0.15) is 5.82 Å². The monoisotopic (exact) mass is 322 g/mol. The Morgan fingerprint density at radius 3 is 2.74 bits per heavy atom. The molecule has 0 radical (unpaired) electrons. The summed E-state index contributed by atoms with van der Waals surface area (Å²) >= 11 is 0. The number of aromatic nitrogens is 2. The van der Waals surface area contributed by atoms with E-state index in [9.17, 15) is 9.59 Å². The van der Waals surface area contributed by atoms with Crippen molar-refractivity contribution in [2.75, 3.05) is 26.2 Å². The third-order valence-electron chi connectivity index (χ3n) is 4.18. The number of hydrogen-bond donors (Lipinski definition) is 1. The molecular weight excluding hydrogens is 296 g/mol. The van der Waals surface area contributed by atoms with E-state index < -0.39 is 0 Å². The molecule has 0 saturated carbocycles. The molecule has 1 aliphatic rings. The Kier molecular flexibility index (Phi) is 6.43. The molecule has 2 heterocycles. The highest BCUT2D eigenvalue weighted by molar-refractivity contribution is 5.76. The number of rotatable bonds is 6. The highest BCUT2D eigenvalue weighted by atomic mass is 16.5. The molecule has 1 N–H and O–H groups in total. The SMILES string of the molecule is CCOC(=O)C1CCN(C(=O)NCCCn2ccnc2C)CC1. The Hall–Kier alpha value is -2.05. The molecule has 1 fully saturated rings. The summed E-state index contributed by atoms with van der Waals surface area (Å²) in [5, 5.41) is 2.94. The van der Waals surface area contributed by atoms with E-state index in [1.165, 1.54) is 0 Å². The lowest BCUT2D eigenvalue weighted by molar-refractivity contribution is -0.149. The van der Waals surface area contributed by atoms with E-state index in [1.54, 1.807) is 11.1 Å². The molecule has 128 valence electrons. The van der Waals surface area contributed by atoms with Crippen LogP contribution in [0.25, 0.3) is 0 Å². The van der Waals surface area contributed by atoms with Crippen molar-refractivity contribution in [3.8, 4) is 0 Å². The van der Waals surface area contributed by atoms with Gasteiger partial charge in [-0.25, -0.2) is 9.78 Å². The number of imidazole rings is 1. The van der Waals surface area contributed by atoms with Crippen LogP contribution in [0.1, 0.15) is 32.0 Å². The van der Waals surface area contributed by atoms with E-state index in [2.05, 4.69) is 14.9 Å². The molecule has 2 amide bonds. The average molecular weight is 322 g/mol. The standard InChI is InChI=1S/C16H26N4O3/c1-3-23-15(21)14-5-10-20(11-6-14)16(22)18-7-4-9-19-12-8-17-13(19)2/h8,12,14H,3-7,9-11H2,1-2H3,(H,18,22). The number of esters is 1. The average Bonchev–Trinajstić information content (AvgIpc) is 2.97. The van der Waals surface area contributed by atoms with Gasteiger partial charge in [0.05, 0.1) is 12.5 Å². The van der Waals surface area contributed by atoms with E-state index in [0.29, 0.717) is 39.1 Å². The second-order valence-electron chi connectivity index (χ2n) is 5.77. The molecule has 0 bridgehead atoms. The summed E-state index contributed by atoms with van der Waals surface area (Å²) in [7, 11) is 0. The quantitative estimate of drug-likeness (QED) is 0.637. The van der Waals surface area contributed by atoms with E-state index in [4.69, 9.17) is 4.74 Å². The van der Waals surface area contributed by atoms with Crippen LogP contribution in [0.4, 0.5) is 4.79 Å². The molecule has 0 aromatic carbocycles. The fourth-order valence-corrected chi connectivity index (χ4v) is 2.77. The highest BCUT2D eigenvalue weighted by Gasteiger charge is 2.27. The minimum absolute atomic E-state index is 0.0466. The van der Waals surface area contributed by atoms with Crippen molar-refractivity contribution in [3.63, 3.8) is 0 Å². The third kappa shape index (κ3) is 4.97. The van der Waals surface area contributed by atoms with Crippen molar-refractivity contribution in [1.29, 1.82) is 0 Å². The lowest BCUT2D eigenvalue weighted by Gasteiger charge is -2.30. The Labute approximate surface area is 137 Å². The van der Waals surface area contributed by atoms with Crippen LogP contribution >= 0.6 is 0 Å². The fraction of sp³-hybridized carbons (Fsp3) is 0.688. The van der Waals surface area contributed by atoms with Crippen LogP contribution in [0.5, 0.6) is 0 Å². The van der Waals surface area contributed by atoms with Gasteiger partial charge in [-0.05, 0) is 33.1 Å². The molecule has 0 atom stereocenters. The summed E-state index contributed by atoms with van der Waals surface area (Å²) in [4.78, 5) is 29.7. The van der Waals surface area contributed by atoms with Gasteiger partial charge in [-0.2, -0.15) is 0 Å². The molecule has 1 aromatic rings. The van der Waals surface area contributed by atoms with Gasteiger partial charge in [0.2, 0.25) is 0 Å². The number of ether oxygens (including phenoxy) is 1. The first kappa shape index (κ1) is 17.3. The summed E-state index contributed by atoms with van der Waals surface area (Å²) in [6.45, 7) is 6.88. The number of piperidine rings is 1. The number of carbonyl (C=O) groups excluding carboxylic acids is 2. The second kappa shape index (κ2) is 8.55. The maximum Gasteiger partial charge on any atom is 0.317 e. The summed E-state index contributed by atoms with van der Waals surface area (Å²) in [6.07, 6.45) is 5.95. The van der Waals surface area contributed by atoms with Gasteiger partial charge in [-0.15, -0.1) is 0 Å². The maximum atomic E-state index is 12.1. The molecule has 23 heavy (non-hydrogen) atoms. The van der Waals surface area contributed by atoms with Gasteiger partial charge in [0.25, 0.3) is 0 Å². The van der Waals surface area contributed by atoms with Crippen LogP contribution in [0.15, 0.2) is 12.4 Å². The van der Waals surface area contributed by atoms with Crippen LogP contribution in [0, 0.1) is 12.8 Å². The van der Waals surface area contributed by atoms with Crippen molar-refractivity contribution in [2.45, 2.75) is 39.7 Å². The lowest BCUT2D eigenvalue weighted by Crippen LogP contribution is -2.46. The van der Waals surface area contributed by atoms with Crippen molar-refractivity contribution in [1.82, 2.24) is 19.8 Å². The molecule has 0 unspecified atom stereocenters. The predicted octanol–water partition coefficient (Wildman–Crippen LogP) is 1.57. The van der Waals surface area contributed by atoms with Gasteiger partial charge in [0, 0.05) is 38.6 Å². The van der Waals surface area contributed by atoms with E-state index in [1.807, 2.05) is 20.0 Å². The molecule has 7 nitrogen and oxygen atoms in total. The van der Waals surface area contributed by atoms with Crippen molar-refractivity contribution < 1.29 is 14.3 Å². The first-order valence-corrected chi connectivity index (χ1v) is 8.29. The minimum Gasteiger partial charge on any atom is -0.466 e. The first-order valence-electron chi connectivity index (χ1n) is 8.29. The highest BCUT2D eigenvalue weighted by Crippen LogP contribution is 2.18. The normalized spacial score (nSPS) is 15.5. The number of urea groups is 1. The zero-order valence-corrected chi connectivity index (χ0v) is 14.0. The zero-order valence-electron chi connectivity index (χ0n) is 14.0. The Morgan fingerprint density at radius 2 is 2.13 bits per heavy atom. The summed E-state index contributed by atoms with van der Waals surface area (Å²) in [5.41, 5.74) is 0. The predicted molar refractivity (Wildman–Crippen MR) is 85.9 cm³/mol. The largest absolute Gasteiger partial charge is 0.466 e. The van der Waals surface area contributed by atoms with Crippen molar-refractivity contribution in [3.05, 3.63) is 18.2 Å². The molecule has 1 aliphatic heterocycles. The third-order valence-corrected chi connectivity index (χ3v) is 4.18. The van der Waals surface area contributed by atoms with Crippen LogP contribution in [0.2, 0.25) is 0 Å².